The third kappa shape index (κ3) is 4.54. The minimum Gasteiger partial charge on any atom is -0.514 e. The van der Waals surface area contributed by atoms with Crippen LogP contribution in [0.5, 0.6) is 0 Å². The first-order valence-corrected chi connectivity index (χ1v) is 5.33. The SMILES string of the molecule is CC(C)CC(=CO)NCc1ccccc1. The molecule has 0 unspecified atom stereocenters. The van der Waals surface area contributed by atoms with Gasteiger partial charge in [0.2, 0.25) is 0 Å². The highest BCUT2D eigenvalue weighted by molar-refractivity contribution is 5.15. The molecular formula is C13H19NO. The fraction of sp³-hybridized carbons (Fsp3) is 0.385. The summed E-state index contributed by atoms with van der Waals surface area (Å²) in [6.45, 7) is 5.03. The smallest absolute Gasteiger partial charge is 0.0981 e. The molecule has 0 radical (unpaired) electrons. The predicted molar refractivity (Wildman–Crippen MR) is 63.4 cm³/mol. The van der Waals surface area contributed by atoms with Gasteiger partial charge in [0, 0.05) is 12.2 Å². The van der Waals surface area contributed by atoms with Crippen molar-refractivity contribution in [3.8, 4) is 0 Å². The van der Waals surface area contributed by atoms with E-state index < -0.39 is 0 Å². The molecule has 82 valence electrons. The van der Waals surface area contributed by atoms with Crippen LogP contribution in [0.2, 0.25) is 0 Å². The molecule has 2 N–H and O–H groups in total. The standard InChI is InChI=1S/C13H19NO/c1-11(2)8-13(10-15)14-9-12-6-4-3-5-7-12/h3-7,10-11,14-15H,8-9H2,1-2H3. The Balaban J connectivity index is 2.42. The number of hydrogen-bond acceptors (Lipinski definition) is 2. The summed E-state index contributed by atoms with van der Waals surface area (Å²) in [5.74, 6) is 0.548. The zero-order chi connectivity index (χ0) is 11.1. The van der Waals surface area contributed by atoms with Gasteiger partial charge >= 0.3 is 0 Å². The fourth-order valence-electron chi connectivity index (χ4n) is 1.42. The van der Waals surface area contributed by atoms with Gasteiger partial charge in [0.15, 0.2) is 0 Å². The molecule has 0 atom stereocenters. The van der Waals surface area contributed by atoms with Crippen molar-refractivity contribution in [2.75, 3.05) is 0 Å². The van der Waals surface area contributed by atoms with Gasteiger partial charge in [-0.2, -0.15) is 0 Å². The topological polar surface area (TPSA) is 32.3 Å². The second-order valence-electron chi connectivity index (χ2n) is 4.09. The number of aliphatic hydroxyl groups is 1. The van der Waals surface area contributed by atoms with E-state index in [4.69, 9.17) is 5.11 Å². The van der Waals surface area contributed by atoms with E-state index in [9.17, 15) is 0 Å². The summed E-state index contributed by atoms with van der Waals surface area (Å²) in [7, 11) is 0. The molecule has 0 spiro atoms. The van der Waals surface area contributed by atoms with Crippen LogP contribution < -0.4 is 5.32 Å². The molecule has 0 saturated carbocycles. The van der Waals surface area contributed by atoms with Crippen LogP contribution in [0.4, 0.5) is 0 Å². The van der Waals surface area contributed by atoms with E-state index in [0.29, 0.717) is 5.92 Å². The molecule has 0 aromatic heterocycles. The summed E-state index contributed by atoms with van der Waals surface area (Å²) < 4.78 is 0. The van der Waals surface area contributed by atoms with Crippen LogP contribution in [0, 0.1) is 5.92 Å². The Kier molecular flexibility index (Phi) is 4.75. The molecule has 0 bridgehead atoms. The zero-order valence-electron chi connectivity index (χ0n) is 9.40. The van der Waals surface area contributed by atoms with Gasteiger partial charge in [-0.1, -0.05) is 44.2 Å². The number of aliphatic hydroxyl groups excluding tert-OH is 1. The minimum absolute atomic E-state index is 0.548. The number of hydrogen-bond donors (Lipinski definition) is 2. The van der Waals surface area contributed by atoms with E-state index in [1.54, 1.807) is 0 Å². The van der Waals surface area contributed by atoms with Crippen LogP contribution in [-0.2, 0) is 6.54 Å². The minimum atomic E-state index is 0.548. The lowest BCUT2D eigenvalue weighted by molar-refractivity contribution is 0.448. The first-order valence-electron chi connectivity index (χ1n) is 5.33. The quantitative estimate of drug-likeness (QED) is 0.723. The third-order valence-corrected chi connectivity index (χ3v) is 2.15. The Labute approximate surface area is 91.6 Å². The summed E-state index contributed by atoms with van der Waals surface area (Å²) in [4.78, 5) is 0. The van der Waals surface area contributed by atoms with Crippen LogP contribution in [0.15, 0.2) is 42.3 Å². The largest absolute Gasteiger partial charge is 0.514 e. The number of allylic oxidation sites excluding steroid dienone is 1. The highest BCUT2D eigenvalue weighted by Crippen LogP contribution is 2.08. The van der Waals surface area contributed by atoms with Crippen LogP contribution in [-0.4, -0.2) is 5.11 Å². The Morgan fingerprint density at radius 2 is 2.00 bits per heavy atom. The monoisotopic (exact) mass is 205 g/mol. The number of benzene rings is 1. The van der Waals surface area contributed by atoms with Crippen LogP contribution in [0.1, 0.15) is 25.8 Å². The van der Waals surface area contributed by atoms with Crippen molar-refractivity contribution in [1.82, 2.24) is 5.32 Å². The summed E-state index contributed by atoms with van der Waals surface area (Å²) in [6.07, 6.45) is 2.05. The van der Waals surface area contributed by atoms with Gasteiger partial charge in [0.05, 0.1) is 6.26 Å². The molecule has 15 heavy (non-hydrogen) atoms. The maximum atomic E-state index is 9.03. The van der Waals surface area contributed by atoms with E-state index in [2.05, 4.69) is 31.3 Å². The van der Waals surface area contributed by atoms with Crippen molar-refractivity contribution < 1.29 is 5.11 Å². The molecule has 2 nitrogen and oxygen atoms in total. The predicted octanol–water partition coefficient (Wildman–Crippen LogP) is 3.22. The van der Waals surface area contributed by atoms with Gasteiger partial charge < -0.3 is 10.4 Å². The van der Waals surface area contributed by atoms with Crippen LogP contribution >= 0.6 is 0 Å². The van der Waals surface area contributed by atoms with Crippen molar-refractivity contribution in [3.63, 3.8) is 0 Å². The Morgan fingerprint density at radius 3 is 2.53 bits per heavy atom. The number of rotatable bonds is 5. The van der Waals surface area contributed by atoms with E-state index in [-0.39, 0.29) is 0 Å². The normalized spacial score (nSPS) is 11.8. The molecule has 0 aliphatic rings. The molecule has 1 aromatic rings. The summed E-state index contributed by atoms with van der Waals surface area (Å²) in [5.41, 5.74) is 2.12. The van der Waals surface area contributed by atoms with Crippen LogP contribution in [0.25, 0.3) is 0 Å². The Hall–Kier alpha value is -1.44. The molecule has 0 aliphatic heterocycles. The summed E-state index contributed by atoms with van der Waals surface area (Å²) >= 11 is 0. The first kappa shape index (κ1) is 11.6. The van der Waals surface area contributed by atoms with Gasteiger partial charge in [0.25, 0.3) is 0 Å². The van der Waals surface area contributed by atoms with Crippen molar-refractivity contribution in [2.24, 2.45) is 5.92 Å². The molecule has 1 aromatic carbocycles. The molecule has 0 aliphatic carbocycles. The Morgan fingerprint density at radius 1 is 1.33 bits per heavy atom. The second kappa shape index (κ2) is 6.12. The van der Waals surface area contributed by atoms with Crippen LogP contribution in [0.3, 0.4) is 0 Å². The van der Waals surface area contributed by atoms with Gasteiger partial charge in [-0.25, -0.2) is 0 Å². The molecule has 0 heterocycles. The zero-order valence-corrected chi connectivity index (χ0v) is 9.40. The molecule has 2 heteroatoms. The average molecular weight is 205 g/mol. The van der Waals surface area contributed by atoms with Gasteiger partial charge in [-0.3, -0.25) is 0 Å². The highest BCUT2D eigenvalue weighted by Gasteiger charge is 2.00. The van der Waals surface area contributed by atoms with Gasteiger partial charge in [-0.15, -0.1) is 0 Å². The lowest BCUT2D eigenvalue weighted by Gasteiger charge is -2.11. The van der Waals surface area contributed by atoms with E-state index in [1.807, 2.05) is 18.2 Å². The number of nitrogens with one attached hydrogen (secondary N) is 1. The third-order valence-electron chi connectivity index (χ3n) is 2.15. The molecular weight excluding hydrogens is 186 g/mol. The van der Waals surface area contributed by atoms with Crippen molar-refractivity contribution in [1.29, 1.82) is 0 Å². The van der Waals surface area contributed by atoms with Gasteiger partial charge in [0.1, 0.15) is 0 Å². The molecule has 0 fully saturated rings. The lowest BCUT2D eigenvalue weighted by atomic mass is 10.1. The molecule has 1 rings (SSSR count). The lowest BCUT2D eigenvalue weighted by Crippen LogP contribution is -2.14. The van der Waals surface area contributed by atoms with Crippen molar-refractivity contribution >= 4 is 0 Å². The van der Waals surface area contributed by atoms with E-state index >= 15 is 0 Å². The highest BCUT2D eigenvalue weighted by atomic mass is 16.2. The molecule has 0 saturated heterocycles. The van der Waals surface area contributed by atoms with Gasteiger partial charge in [-0.05, 0) is 17.9 Å². The average Bonchev–Trinajstić information content (AvgIpc) is 2.25. The van der Waals surface area contributed by atoms with E-state index in [0.717, 1.165) is 18.7 Å². The van der Waals surface area contributed by atoms with E-state index in [1.165, 1.54) is 11.8 Å². The second-order valence-corrected chi connectivity index (χ2v) is 4.09. The van der Waals surface area contributed by atoms with Crippen molar-refractivity contribution in [3.05, 3.63) is 47.9 Å². The first-order chi connectivity index (χ1) is 7.22. The maximum absolute atomic E-state index is 9.03. The summed E-state index contributed by atoms with van der Waals surface area (Å²) in [5, 5.41) is 12.3. The Bertz CT molecular complexity index is 304. The maximum Gasteiger partial charge on any atom is 0.0981 e. The fourth-order valence-corrected chi connectivity index (χ4v) is 1.42. The molecule has 0 amide bonds. The summed E-state index contributed by atoms with van der Waals surface area (Å²) in [6, 6.07) is 10.2. The van der Waals surface area contributed by atoms with Crippen molar-refractivity contribution in [2.45, 2.75) is 26.8 Å².